The van der Waals surface area contributed by atoms with E-state index in [0.29, 0.717) is 6.54 Å². The summed E-state index contributed by atoms with van der Waals surface area (Å²) in [6.07, 6.45) is 6.35. The highest BCUT2D eigenvalue weighted by molar-refractivity contribution is 5.77. The molecule has 1 aliphatic rings. The lowest BCUT2D eigenvalue weighted by atomic mass is 10.1. The fourth-order valence-corrected chi connectivity index (χ4v) is 3.35. The van der Waals surface area contributed by atoms with Crippen molar-refractivity contribution in [2.45, 2.75) is 38.6 Å². The number of nitrogens with one attached hydrogen (secondary N) is 1. The van der Waals surface area contributed by atoms with Gasteiger partial charge in [-0.15, -0.1) is 0 Å². The first kappa shape index (κ1) is 18.5. The van der Waals surface area contributed by atoms with E-state index in [1.165, 1.54) is 24.8 Å². The van der Waals surface area contributed by atoms with Crippen LogP contribution in [0.3, 0.4) is 0 Å². The number of benzene rings is 1. The Labute approximate surface area is 155 Å². The van der Waals surface area contributed by atoms with Crippen LogP contribution in [-0.4, -0.2) is 37.0 Å². The van der Waals surface area contributed by atoms with Gasteiger partial charge in [0, 0.05) is 6.54 Å². The van der Waals surface area contributed by atoms with Crippen molar-refractivity contribution in [1.82, 2.24) is 10.2 Å². The molecule has 5 nitrogen and oxygen atoms in total. The van der Waals surface area contributed by atoms with E-state index in [9.17, 15) is 4.79 Å². The van der Waals surface area contributed by atoms with Crippen LogP contribution in [0.1, 0.15) is 43.6 Å². The van der Waals surface area contributed by atoms with Crippen LogP contribution in [-0.2, 0) is 11.2 Å². The molecule has 0 spiro atoms. The number of likely N-dealkylation sites (tertiary alicyclic amines) is 1. The summed E-state index contributed by atoms with van der Waals surface area (Å²) < 4.78 is 11.2. The molecule has 1 N–H and O–H groups in total. The van der Waals surface area contributed by atoms with Gasteiger partial charge in [-0.25, -0.2) is 0 Å². The van der Waals surface area contributed by atoms with Crippen molar-refractivity contribution < 1.29 is 13.9 Å². The monoisotopic (exact) mass is 356 g/mol. The number of nitrogens with zero attached hydrogens (tertiary/aromatic N) is 1. The van der Waals surface area contributed by atoms with E-state index in [-0.39, 0.29) is 18.6 Å². The highest BCUT2D eigenvalue weighted by Crippen LogP contribution is 2.24. The zero-order valence-electron chi connectivity index (χ0n) is 15.4. The van der Waals surface area contributed by atoms with Crippen molar-refractivity contribution in [3.8, 4) is 5.75 Å². The summed E-state index contributed by atoms with van der Waals surface area (Å²) in [4.78, 5) is 14.6. The van der Waals surface area contributed by atoms with Gasteiger partial charge in [0.2, 0.25) is 0 Å². The summed E-state index contributed by atoms with van der Waals surface area (Å²) in [6, 6.07) is 11.8. The van der Waals surface area contributed by atoms with Gasteiger partial charge in [-0.3, -0.25) is 9.69 Å². The van der Waals surface area contributed by atoms with Gasteiger partial charge in [-0.2, -0.15) is 0 Å². The average molecular weight is 356 g/mol. The van der Waals surface area contributed by atoms with Gasteiger partial charge < -0.3 is 14.5 Å². The molecule has 1 amide bonds. The number of hydrogen-bond donors (Lipinski definition) is 1. The summed E-state index contributed by atoms with van der Waals surface area (Å²) >= 11 is 0. The molecule has 0 radical (unpaired) electrons. The zero-order chi connectivity index (χ0) is 18.2. The maximum absolute atomic E-state index is 12.2. The summed E-state index contributed by atoms with van der Waals surface area (Å²) in [7, 11) is 0. The second-order valence-electron chi connectivity index (χ2n) is 6.72. The smallest absolute Gasteiger partial charge is 0.258 e. The maximum atomic E-state index is 12.2. The highest BCUT2D eigenvalue weighted by Gasteiger charge is 2.24. The van der Waals surface area contributed by atoms with Crippen molar-refractivity contribution in [1.29, 1.82) is 0 Å². The maximum Gasteiger partial charge on any atom is 0.258 e. The third kappa shape index (κ3) is 5.11. The van der Waals surface area contributed by atoms with Crippen LogP contribution in [0.2, 0.25) is 0 Å². The molecule has 1 fully saturated rings. The molecule has 0 saturated carbocycles. The fourth-order valence-electron chi connectivity index (χ4n) is 3.35. The van der Waals surface area contributed by atoms with E-state index < -0.39 is 0 Å². The van der Waals surface area contributed by atoms with E-state index in [2.05, 4.69) is 17.1 Å². The number of amides is 1. The Morgan fingerprint density at radius 2 is 1.96 bits per heavy atom. The molecule has 3 rings (SSSR count). The van der Waals surface area contributed by atoms with E-state index in [4.69, 9.17) is 9.15 Å². The van der Waals surface area contributed by atoms with Gasteiger partial charge in [0.05, 0.1) is 12.3 Å². The highest BCUT2D eigenvalue weighted by atomic mass is 16.5. The Hall–Kier alpha value is -2.27. The molecule has 0 bridgehead atoms. The van der Waals surface area contributed by atoms with Crippen LogP contribution in [0, 0.1) is 0 Å². The van der Waals surface area contributed by atoms with Gasteiger partial charge in [0.25, 0.3) is 5.91 Å². The third-order valence-electron chi connectivity index (χ3n) is 4.90. The summed E-state index contributed by atoms with van der Waals surface area (Å²) in [5, 5.41) is 3.00. The van der Waals surface area contributed by atoms with Gasteiger partial charge in [-0.05, 0) is 62.2 Å². The topological polar surface area (TPSA) is 54.7 Å². The number of aryl methyl sites for hydroxylation is 1. The average Bonchev–Trinajstić information content (AvgIpc) is 3.22. The van der Waals surface area contributed by atoms with Crippen LogP contribution in [0.5, 0.6) is 5.75 Å². The molecule has 2 heterocycles. The SMILES string of the molecule is CCc1ccc(OCC(=O)NCC(c2ccco2)N2CCCCC2)cc1. The van der Waals surface area contributed by atoms with Gasteiger partial charge in [-0.1, -0.05) is 25.5 Å². The molecule has 140 valence electrons. The van der Waals surface area contributed by atoms with E-state index >= 15 is 0 Å². The van der Waals surface area contributed by atoms with Crippen molar-refractivity contribution in [3.63, 3.8) is 0 Å². The number of piperidine rings is 1. The predicted octanol–water partition coefficient (Wildman–Crippen LogP) is 3.56. The van der Waals surface area contributed by atoms with Crippen molar-refractivity contribution in [3.05, 3.63) is 54.0 Å². The molecule has 26 heavy (non-hydrogen) atoms. The van der Waals surface area contributed by atoms with Crippen LogP contribution < -0.4 is 10.1 Å². The van der Waals surface area contributed by atoms with Crippen LogP contribution in [0.25, 0.3) is 0 Å². The minimum Gasteiger partial charge on any atom is -0.484 e. The molecule has 1 unspecified atom stereocenters. The van der Waals surface area contributed by atoms with Crippen LogP contribution in [0.15, 0.2) is 47.1 Å². The molecule has 1 aliphatic heterocycles. The summed E-state index contributed by atoms with van der Waals surface area (Å²) in [6.45, 7) is 4.75. The van der Waals surface area contributed by atoms with Crippen LogP contribution >= 0.6 is 0 Å². The number of carbonyl (C=O) groups excluding carboxylic acids is 1. The van der Waals surface area contributed by atoms with Crippen molar-refractivity contribution in [2.24, 2.45) is 0 Å². The first-order valence-corrected chi connectivity index (χ1v) is 9.52. The van der Waals surface area contributed by atoms with Gasteiger partial charge >= 0.3 is 0 Å². The minimum atomic E-state index is -0.113. The fraction of sp³-hybridized carbons (Fsp3) is 0.476. The molecule has 1 atom stereocenters. The van der Waals surface area contributed by atoms with Gasteiger partial charge in [0.15, 0.2) is 6.61 Å². The Morgan fingerprint density at radius 1 is 1.19 bits per heavy atom. The number of rotatable bonds is 8. The lowest BCUT2D eigenvalue weighted by Crippen LogP contribution is -2.41. The Bertz CT molecular complexity index is 661. The Balaban J connectivity index is 1.50. The Kier molecular flexibility index (Phi) is 6.72. The predicted molar refractivity (Wildman–Crippen MR) is 101 cm³/mol. The minimum absolute atomic E-state index is 0.0242. The first-order valence-electron chi connectivity index (χ1n) is 9.52. The van der Waals surface area contributed by atoms with Crippen molar-refractivity contribution >= 4 is 5.91 Å². The molecule has 5 heteroatoms. The molecule has 1 aromatic carbocycles. The zero-order valence-corrected chi connectivity index (χ0v) is 15.4. The lowest BCUT2D eigenvalue weighted by Gasteiger charge is -2.33. The molecule has 0 aliphatic carbocycles. The normalized spacial score (nSPS) is 16.2. The first-order chi connectivity index (χ1) is 12.8. The summed E-state index contributed by atoms with van der Waals surface area (Å²) in [5.74, 6) is 1.51. The molecule has 2 aromatic rings. The second-order valence-corrected chi connectivity index (χ2v) is 6.72. The largest absolute Gasteiger partial charge is 0.484 e. The standard InChI is InChI=1S/C21H28N2O3/c1-2-17-8-10-18(11-9-17)26-16-21(24)22-15-19(20-7-6-14-25-20)23-12-4-3-5-13-23/h6-11,14,19H,2-5,12-13,15-16H2,1H3,(H,22,24). The Morgan fingerprint density at radius 3 is 2.62 bits per heavy atom. The number of hydrogen-bond acceptors (Lipinski definition) is 4. The van der Waals surface area contributed by atoms with Crippen LogP contribution in [0.4, 0.5) is 0 Å². The second kappa shape index (κ2) is 9.43. The summed E-state index contributed by atoms with van der Waals surface area (Å²) in [5.41, 5.74) is 1.25. The molecule has 1 saturated heterocycles. The third-order valence-corrected chi connectivity index (χ3v) is 4.90. The molecule has 1 aromatic heterocycles. The molecular formula is C21H28N2O3. The van der Waals surface area contributed by atoms with Crippen molar-refractivity contribution in [2.75, 3.05) is 26.2 Å². The van der Waals surface area contributed by atoms with Gasteiger partial charge in [0.1, 0.15) is 11.5 Å². The van der Waals surface area contributed by atoms with E-state index in [0.717, 1.165) is 31.0 Å². The number of furan rings is 1. The molecular weight excluding hydrogens is 328 g/mol. The number of ether oxygens (including phenoxy) is 1. The quantitative estimate of drug-likeness (QED) is 0.786. The number of carbonyl (C=O) groups is 1. The van der Waals surface area contributed by atoms with E-state index in [1.807, 2.05) is 36.4 Å². The van der Waals surface area contributed by atoms with E-state index in [1.54, 1.807) is 6.26 Å². The lowest BCUT2D eigenvalue weighted by molar-refractivity contribution is -0.123.